The predicted octanol–water partition coefficient (Wildman–Crippen LogP) is -2.34. The van der Waals surface area contributed by atoms with Crippen LogP contribution in [0.15, 0.2) is 12.2 Å². The van der Waals surface area contributed by atoms with Gasteiger partial charge in [0.1, 0.15) is 24.4 Å². The SMILES string of the molecule is C=C(C)C(=O)NCCOCCO[C@@H]1OC(CO)[C@@H](O)C(O)C1NC(C)=O. The van der Waals surface area contributed by atoms with Crippen LogP contribution in [0.3, 0.4) is 0 Å². The van der Waals surface area contributed by atoms with Crippen LogP contribution in [0, 0.1) is 0 Å². The second-order valence-corrected chi connectivity index (χ2v) is 5.95. The molecule has 0 radical (unpaired) electrons. The number of amides is 2. The molecule has 1 saturated heterocycles. The van der Waals surface area contributed by atoms with Crippen LogP contribution in [-0.2, 0) is 23.8 Å². The highest BCUT2D eigenvalue weighted by atomic mass is 16.7. The van der Waals surface area contributed by atoms with E-state index in [1.165, 1.54) is 6.92 Å². The molecule has 10 nitrogen and oxygen atoms in total. The van der Waals surface area contributed by atoms with Gasteiger partial charge in [0.2, 0.25) is 11.8 Å². The minimum atomic E-state index is -1.36. The Morgan fingerprint density at radius 3 is 2.42 bits per heavy atom. The van der Waals surface area contributed by atoms with Crippen molar-refractivity contribution in [3.63, 3.8) is 0 Å². The maximum atomic E-state index is 11.3. The topological polar surface area (TPSA) is 147 Å². The second-order valence-electron chi connectivity index (χ2n) is 5.95. The monoisotopic (exact) mass is 376 g/mol. The minimum Gasteiger partial charge on any atom is -0.394 e. The molecule has 1 aliphatic heterocycles. The molecule has 150 valence electrons. The van der Waals surface area contributed by atoms with E-state index < -0.39 is 43.2 Å². The Hall–Kier alpha value is -1.56. The maximum Gasteiger partial charge on any atom is 0.246 e. The van der Waals surface area contributed by atoms with Crippen molar-refractivity contribution >= 4 is 11.8 Å². The fourth-order valence-electron chi connectivity index (χ4n) is 2.33. The van der Waals surface area contributed by atoms with Gasteiger partial charge in [0.15, 0.2) is 6.29 Å². The molecule has 0 saturated carbocycles. The molecule has 1 fully saturated rings. The third-order valence-electron chi connectivity index (χ3n) is 3.68. The van der Waals surface area contributed by atoms with Crippen LogP contribution in [-0.4, -0.2) is 90.7 Å². The normalized spacial score (nSPS) is 28.4. The Balaban J connectivity index is 2.38. The van der Waals surface area contributed by atoms with Crippen molar-refractivity contribution in [2.45, 2.75) is 44.5 Å². The summed E-state index contributed by atoms with van der Waals surface area (Å²) in [6.07, 6.45) is -4.79. The summed E-state index contributed by atoms with van der Waals surface area (Å²) in [6.45, 7) is 6.71. The number of nitrogens with one attached hydrogen (secondary N) is 2. The van der Waals surface area contributed by atoms with Crippen molar-refractivity contribution in [3.05, 3.63) is 12.2 Å². The van der Waals surface area contributed by atoms with E-state index in [0.717, 1.165) is 0 Å². The van der Waals surface area contributed by atoms with Crippen LogP contribution in [0.1, 0.15) is 13.8 Å². The molecule has 10 heteroatoms. The predicted molar refractivity (Wildman–Crippen MR) is 90.0 cm³/mol. The van der Waals surface area contributed by atoms with Crippen LogP contribution in [0.25, 0.3) is 0 Å². The molecule has 26 heavy (non-hydrogen) atoms. The first-order valence-corrected chi connectivity index (χ1v) is 8.30. The van der Waals surface area contributed by atoms with Crippen LogP contribution in [0.2, 0.25) is 0 Å². The van der Waals surface area contributed by atoms with E-state index >= 15 is 0 Å². The largest absolute Gasteiger partial charge is 0.394 e. The molecule has 0 aliphatic carbocycles. The first-order valence-electron chi connectivity index (χ1n) is 8.30. The highest BCUT2D eigenvalue weighted by Crippen LogP contribution is 2.22. The van der Waals surface area contributed by atoms with E-state index in [0.29, 0.717) is 12.1 Å². The fraction of sp³-hybridized carbons (Fsp3) is 0.750. The molecule has 0 spiro atoms. The number of hydrogen-bond donors (Lipinski definition) is 5. The van der Waals surface area contributed by atoms with Gasteiger partial charge in [-0.3, -0.25) is 9.59 Å². The van der Waals surface area contributed by atoms with E-state index in [-0.39, 0.29) is 25.7 Å². The lowest BCUT2D eigenvalue weighted by Crippen LogP contribution is -2.64. The molecule has 2 amide bonds. The molecule has 0 aromatic heterocycles. The second kappa shape index (κ2) is 11.2. The molecular formula is C16H28N2O8. The van der Waals surface area contributed by atoms with Gasteiger partial charge < -0.3 is 40.2 Å². The van der Waals surface area contributed by atoms with Gasteiger partial charge in [0.05, 0.1) is 26.4 Å². The van der Waals surface area contributed by atoms with Crippen molar-refractivity contribution in [2.75, 3.05) is 33.0 Å². The van der Waals surface area contributed by atoms with E-state index in [9.17, 15) is 24.9 Å². The summed E-state index contributed by atoms with van der Waals surface area (Å²) in [6, 6.07) is -0.986. The Morgan fingerprint density at radius 1 is 1.15 bits per heavy atom. The van der Waals surface area contributed by atoms with E-state index in [1.807, 2.05) is 0 Å². The van der Waals surface area contributed by atoms with Gasteiger partial charge in [-0.25, -0.2) is 0 Å². The Labute approximate surface area is 152 Å². The Morgan fingerprint density at radius 2 is 1.85 bits per heavy atom. The summed E-state index contributed by atoms with van der Waals surface area (Å²) in [5.74, 6) is -0.674. The average Bonchev–Trinajstić information content (AvgIpc) is 2.59. The molecule has 1 heterocycles. The Bertz CT molecular complexity index is 487. The molecule has 5 N–H and O–H groups in total. The van der Waals surface area contributed by atoms with Crippen molar-refractivity contribution in [3.8, 4) is 0 Å². The zero-order valence-corrected chi connectivity index (χ0v) is 15.0. The highest BCUT2D eigenvalue weighted by molar-refractivity contribution is 5.92. The third-order valence-corrected chi connectivity index (χ3v) is 3.68. The summed E-state index contributed by atoms with van der Waals surface area (Å²) in [4.78, 5) is 22.6. The van der Waals surface area contributed by atoms with Gasteiger partial charge in [-0.15, -0.1) is 0 Å². The van der Waals surface area contributed by atoms with Gasteiger partial charge in [-0.05, 0) is 6.92 Å². The van der Waals surface area contributed by atoms with Gasteiger partial charge in [0, 0.05) is 19.0 Å². The molecular weight excluding hydrogens is 348 g/mol. The van der Waals surface area contributed by atoms with Crippen molar-refractivity contribution in [2.24, 2.45) is 0 Å². The third kappa shape index (κ3) is 6.98. The van der Waals surface area contributed by atoms with Crippen LogP contribution in [0.5, 0.6) is 0 Å². The molecule has 1 rings (SSSR count). The standard InChI is InChI=1S/C16H28N2O8/c1-9(2)15(23)17-4-5-24-6-7-25-16-12(18-10(3)20)14(22)13(21)11(8-19)26-16/h11-14,16,19,21-22H,1,4-8H2,2-3H3,(H,17,23)(H,18,20)/t11?,12?,13-,14?,16-/m1/s1. The number of carbonyl (C=O) groups excluding carboxylic acids is 2. The van der Waals surface area contributed by atoms with Gasteiger partial charge in [0.25, 0.3) is 0 Å². The van der Waals surface area contributed by atoms with Gasteiger partial charge in [-0.1, -0.05) is 6.58 Å². The summed E-state index contributed by atoms with van der Waals surface area (Å²) >= 11 is 0. The molecule has 0 bridgehead atoms. The number of carbonyl (C=O) groups is 2. The summed E-state index contributed by atoms with van der Waals surface area (Å²) in [5, 5.41) is 34.3. The molecule has 0 aromatic carbocycles. The Kier molecular flexibility index (Phi) is 9.70. The van der Waals surface area contributed by atoms with Crippen LogP contribution < -0.4 is 10.6 Å². The molecule has 1 aliphatic rings. The fourth-order valence-corrected chi connectivity index (χ4v) is 2.33. The lowest BCUT2D eigenvalue weighted by molar-refractivity contribution is -0.272. The molecule has 3 unspecified atom stereocenters. The summed E-state index contributed by atoms with van der Waals surface area (Å²) in [5.41, 5.74) is 0.408. The van der Waals surface area contributed by atoms with E-state index in [1.54, 1.807) is 6.92 Å². The number of hydrogen-bond acceptors (Lipinski definition) is 8. The first kappa shape index (κ1) is 22.5. The molecule has 5 atom stereocenters. The van der Waals surface area contributed by atoms with E-state index in [4.69, 9.17) is 14.2 Å². The number of aliphatic hydroxyl groups is 3. The van der Waals surface area contributed by atoms with Crippen LogP contribution in [0.4, 0.5) is 0 Å². The van der Waals surface area contributed by atoms with Crippen LogP contribution >= 0.6 is 0 Å². The quantitative estimate of drug-likeness (QED) is 0.210. The zero-order chi connectivity index (χ0) is 19.7. The first-order chi connectivity index (χ1) is 12.3. The van der Waals surface area contributed by atoms with Gasteiger partial charge in [-0.2, -0.15) is 0 Å². The number of rotatable bonds is 10. The maximum absolute atomic E-state index is 11.3. The summed E-state index contributed by atoms with van der Waals surface area (Å²) in [7, 11) is 0. The lowest BCUT2D eigenvalue weighted by atomic mass is 9.97. The number of aliphatic hydroxyl groups excluding tert-OH is 3. The smallest absolute Gasteiger partial charge is 0.246 e. The highest BCUT2D eigenvalue weighted by Gasteiger charge is 2.45. The van der Waals surface area contributed by atoms with Crippen molar-refractivity contribution < 1.29 is 39.1 Å². The van der Waals surface area contributed by atoms with Crippen molar-refractivity contribution in [1.82, 2.24) is 10.6 Å². The lowest BCUT2D eigenvalue weighted by Gasteiger charge is -2.42. The number of ether oxygens (including phenoxy) is 3. The van der Waals surface area contributed by atoms with Crippen molar-refractivity contribution in [1.29, 1.82) is 0 Å². The van der Waals surface area contributed by atoms with E-state index in [2.05, 4.69) is 17.2 Å². The summed E-state index contributed by atoms with van der Waals surface area (Å²) < 4.78 is 16.2. The minimum absolute atomic E-state index is 0.0795. The molecule has 0 aromatic rings. The zero-order valence-electron chi connectivity index (χ0n) is 15.0. The average molecular weight is 376 g/mol. The van der Waals surface area contributed by atoms with Gasteiger partial charge >= 0.3 is 0 Å².